The van der Waals surface area contributed by atoms with E-state index in [0.717, 1.165) is 57.2 Å². The fourth-order valence-electron chi connectivity index (χ4n) is 8.83. The highest BCUT2D eigenvalue weighted by molar-refractivity contribution is 5.98. The molecule has 0 radical (unpaired) electrons. The molecule has 2 aliphatic carbocycles. The smallest absolute Gasteiger partial charge is 0.282 e. The maximum atomic E-state index is 16.9. The van der Waals surface area contributed by atoms with Crippen LogP contribution in [0.2, 0.25) is 0 Å². The summed E-state index contributed by atoms with van der Waals surface area (Å²) in [5.74, 6) is -1.40. The summed E-state index contributed by atoms with van der Waals surface area (Å²) in [7, 11) is 0. The number of anilines is 1. The Balaban J connectivity index is 1.25. The molecule has 5 heterocycles. The van der Waals surface area contributed by atoms with Crippen LogP contribution in [0.15, 0.2) is 36.8 Å². The van der Waals surface area contributed by atoms with Crippen LogP contribution in [0.5, 0.6) is 5.88 Å². The largest absolute Gasteiger partial charge is 0.475 e. The molecular weight excluding hydrogens is 600 g/mol. The van der Waals surface area contributed by atoms with Crippen LogP contribution in [0.3, 0.4) is 0 Å². The Labute approximate surface area is 272 Å². The molecule has 1 aromatic carbocycles. The summed E-state index contributed by atoms with van der Waals surface area (Å²) in [4.78, 5) is 31.1. The summed E-state index contributed by atoms with van der Waals surface area (Å²) < 4.78 is 37.3. The van der Waals surface area contributed by atoms with E-state index in [1.54, 1.807) is 6.20 Å². The van der Waals surface area contributed by atoms with Crippen molar-refractivity contribution in [1.29, 1.82) is 5.26 Å². The van der Waals surface area contributed by atoms with Crippen LogP contribution in [-0.2, 0) is 11.2 Å². The number of ether oxygens (including phenoxy) is 1. The zero-order chi connectivity index (χ0) is 32.4. The standard InChI is InChI=1S/C36H35F2N7O2/c1-21(37)35(46)45-13-12-43(19-24(45)17-40-2)33-27(16-39)34(47-20-36-8-4-10-44(36)11-5-9-36)42-32-28(33)18-41-31(30(32)38)25-7-3-6-22-14-23-15-26(23)29(22)25/h3,6-7,18,23-24,26H,1,4-5,8-15,17,19-20H2/t23?,24-,26?/m0/s1. The molecule has 1 amide bonds. The zero-order valence-corrected chi connectivity index (χ0v) is 26.1. The van der Waals surface area contributed by atoms with Gasteiger partial charge in [-0.25, -0.2) is 20.3 Å². The first-order valence-electron chi connectivity index (χ1n) is 16.5. The second-order valence-corrected chi connectivity index (χ2v) is 13.7. The van der Waals surface area contributed by atoms with Gasteiger partial charge in [0.25, 0.3) is 5.91 Å². The molecule has 0 bridgehead atoms. The predicted octanol–water partition coefficient (Wildman–Crippen LogP) is 5.39. The van der Waals surface area contributed by atoms with Crippen LogP contribution in [0.4, 0.5) is 14.5 Å². The summed E-state index contributed by atoms with van der Waals surface area (Å²) >= 11 is 0. The van der Waals surface area contributed by atoms with Crippen LogP contribution in [-0.4, -0.2) is 83.1 Å². The van der Waals surface area contributed by atoms with E-state index in [2.05, 4.69) is 33.4 Å². The first kappa shape index (κ1) is 29.8. The summed E-state index contributed by atoms with van der Waals surface area (Å²) in [5, 5.41) is 10.9. The topological polar surface area (TPSA) is 90.0 Å². The lowest BCUT2D eigenvalue weighted by Crippen LogP contribution is -2.56. The molecule has 47 heavy (non-hydrogen) atoms. The molecule has 2 unspecified atom stereocenters. The summed E-state index contributed by atoms with van der Waals surface area (Å²) in [6.07, 6.45) is 7.84. The second-order valence-electron chi connectivity index (χ2n) is 13.7. The van der Waals surface area contributed by atoms with E-state index in [0.29, 0.717) is 29.5 Å². The van der Waals surface area contributed by atoms with Crippen molar-refractivity contribution in [1.82, 2.24) is 19.8 Å². The molecule has 5 aliphatic rings. The lowest BCUT2D eigenvalue weighted by atomic mass is 9.95. The van der Waals surface area contributed by atoms with Crippen molar-refractivity contribution in [3.05, 3.63) is 70.7 Å². The third-order valence-corrected chi connectivity index (χ3v) is 11.1. The number of hydrogen-bond acceptors (Lipinski definition) is 7. The van der Waals surface area contributed by atoms with Crippen molar-refractivity contribution in [2.75, 3.05) is 50.8 Å². The van der Waals surface area contributed by atoms with Crippen molar-refractivity contribution in [2.24, 2.45) is 5.92 Å². The van der Waals surface area contributed by atoms with E-state index < -0.39 is 23.6 Å². The maximum Gasteiger partial charge on any atom is 0.282 e. The highest BCUT2D eigenvalue weighted by Crippen LogP contribution is 2.58. The van der Waals surface area contributed by atoms with Gasteiger partial charge in [-0.15, -0.1) is 0 Å². The third-order valence-electron chi connectivity index (χ3n) is 11.1. The van der Waals surface area contributed by atoms with Crippen LogP contribution in [0.1, 0.15) is 54.7 Å². The number of carbonyl (C=O) groups is 1. The number of amides is 1. The van der Waals surface area contributed by atoms with E-state index >= 15 is 4.39 Å². The molecule has 3 saturated heterocycles. The first-order valence-corrected chi connectivity index (χ1v) is 16.5. The van der Waals surface area contributed by atoms with Crippen LogP contribution in [0, 0.1) is 29.6 Å². The van der Waals surface area contributed by atoms with Gasteiger partial charge in [0.1, 0.15) is 35.5 Å². The fourth-order valence-corrected chi connectivity index (χ4v) is 8.83. The van der Waals surface area contributed by atoms with Crippen molar-refractivity contribution in [3.63, 3.8) is 0 Å². The van der Waals surface area contributed by atoms with Gasteiger partial charge >= 0.3 is 0 Å². The minimum Gasteiger partial charge on any atom is -0.475 e. The maximum absolute atomic E-state index is 16.9. The number of pyridine rings is 2. The minimum absolute atomic E-state index is 0.0616. The number of rotatable bonds is 7. The van der Waals surface area contributed by atoms with E-state index in [1.165, 1.54) is 16.0 Å². The van der Waals surface area contributed by atoms with Gasteiger partial charge < -0.3 is 19.4 Å². The lowest BCUT2D eigenvalue weighted by Gasteiger charge is -2.40. The molecule has 11 heteroatoms. The molecule has 2 aromatic heterocycles. The molecule has 3 atom stereocenters. The summed E-state index contributed by atoms with van der Waals surface area (Å²) in [5.41, 5.74) is 3.92. The average Bonchev–Trinajstić information content (AvgIpc) is 3.36. The number of halogens is 2. The van der Waals surface area contributed by atoms with E-state index in [4.69, 9.17) is 16.3 Å². The SMILES string of the molecule is [C-]#[N+]C[C@H]1CN(c2c(C#N)c(OCC34CCCN3CCC4)nc3c(F)c(-c4cccc5c4C4CC4C5)ncc23)CCN1C(=O)C(=C)F. The molecule has 8 rings (SSSR count). The highest BCUT2D eigenvalue weighted by Gasteiger charge is 2.47. The summed E-state index contributed by atoms with van der Waals surface area (Å²) in [6.45, 7) is 13.4. The van der Waals surface area contributed by atoms with E-state index in [9.17, 15) is 14.4 Å². The van der Waals surface area contributed by atoms with Crippen molar-refractivity contribution < 1.29 is 18.3 Å². The van der Waals surface area contributed by atoms with Crippen molar-refractivity contribution in [3.8, 4) is 23.2 Å². The fraction of sp³-hybridized carbons (Fsp3) is 0.472. The van der Waals surface area contributed by atoms with Gasteiger partial charge in [-0.3, -0.25) is 14.7 Å². The zero-order valence-electron chi connectivity index (χ0n) is 26.1. The number of aromatic nitrogens is 2. The van der Waals surface area contributed by atoms with Gasteiger partial charge in [-0.1, -0.05) is 24.8 Å². The monoisotopic (exact) mass is 635 g/mol. The summed E-state index contributed by atoms with van der Waals surface area (Å²) in [6, 6.07) is 7.62. The van der Waals surface area contributed by atoms with Gasteiger partial charge in [0, 0.05) is 36.8 Å². The Morgan fingerprint density at radius 3 is 2.79 bits per heavy atom. The number of carbonyl (C=O) groups excluding carboxylic acids is 1. The highest BCUT2D eigenvalue weighted by atomic mass is 19.1. The first-order chi connectivity index (χ1) is 22.8. The molecule has 3 aliphatic heterocycles. The molecule has 0 N–H and O–H groups in total. The second kappa shape index (κ2) is 11.3. The molecule has 240 valence electrons. The Morgan fingerprint density at radius 1 is 1.23 bits per heavy atom. The average molecular weight is 636 g/mol. The molecule has 9 nitrogen and oxygen atoms in total. The number of benzene rings is 1. The molecule has 4 fully saturated rings. The number of nitriles is 1. The number of hydrogen-bond donors (Lipinski definition) is 0. The molecule has 0 spiro atoms. The predicted molar refractivity (Wildman–Crippen MR) is 172 cm³/mol. The van der Waals surface area contributed by atoms with Gasteiger partial charge in [0.05, 0.1) is 11.2 Å². The van der Waals surface area contributed by atoms with E-state index in [1.807, 2.05) is 17.0 Å². The van der Waals surface area contributed by atoms with Crippen LogP contribution >= 0.6 is 0 Å². The van der Waals surface area contributed by atoms with Crippen LogP contribution in [0.25, 0.3) is 27.0 Å². The van der Waals surface area contributed by atoms with Gasteiger partial charge in [-0.05, 0) is 74.6 Å². The minimum atomic E-state index is -1.09. The molecule has 1 saturated carbocycles. The third kappa shape index (κ3) is 4.74. The molecule has 3 aromatic rings. The van der Waals surface area contributed by atoms with Crippen LogP contribution < -0.4 is 9.64 Å². The van der Waals surface area contributed by atoms with Gasteiger partial charge in [0.15, 0.2) is 11.6 Å². The normalized spacial score (nSPS) is 24.0. The van der Waals surface area contributed by atoms with E-state index in [-0.39, 0.29) is 54.4 Å². The quantitative estimate of drug-likeness (QED) is 0.254. The Morgan fingerprint density at radius 2 is 2.04 bits per heavy atom. The number of nitrogens with zero attached hydrogens (tertiary/aromatic N) is 7. The number of piperazine rings is 1. The van der Waals surface area contributed by atoms with Crippen molar-refractivity contribution in [2.45, 2.75) is 56.0 Å². The van der Waals surface area contributed by atoms with Gasteiger partial charge in [0.2, 0.25) is 12.4 Å². The molecular formula is C36H35F2N7O2. The van der Waals surface area contributed by atoms with Gasteiger partial charge in [-0.2, -0.15) is 5.26 Å². The Bertz CT molecular complexity index is 1910. The Kier molecular flexibility index (Phi) is 7.14. The lowest BCUT2D eigenvalue weighted by molar-refractivity contribution is -0.131. The number of fused-ring (bicyclic) bond motifs is 5. The van der Waals surface area contributed by atoms with Crippen molar-refractivity contribution >= 4 is 22.5 Å². The Hall–Kier alpha value is -4.61.